The first-order chi connectivity index (χ1) is 4.81. The molecule has 0 atom stereocenters. The fraction of sp³-hybridized carbons (Fsp3) is 0.500. The van der Waals surface area contributed by atoms with Crippen LogP contribution in [-0.2, 0) is 4.74 Å². The molecule has 0 amide bonds. The van der Waals surface area contributed by atoms with E-state index in [0.29, 0.717) is 0 Å². The van der Waals surface area contributed by atoms with E-state index in [4.69, 9.17) is 9.84 Å². The zero-order valence-corrected chi connectivity index (χ0v) is 6.50. The van der Waals surface area contributed by atoms with Crippen LogP contribution >= 0.6 is 0 Å². The highest BCUT2D eigenvalue weighted by Gasteiger charge is 1.84. The van der Waals surface area contributed by atoms with Crippen molar-refractivity contribution < 1.29 is 9.84 Å². The lowest BCUT2D eigenvalue weighted by atomic mass is 10.5. The predicted molar refractivity (Wildman–Crippen MR) is 41.5 cm³/mol. The Morgan fingerprint density at radius 3 is 2.60 bits per heavy atom. The second kappa shape index (κ2) is 6.20. The SMILES string of the molecule is CCC=COC(O)=CCC. The summed E-state index contributed by atoms with van der Waals surface area (Å²) in [4.78, 5) is 0. The number of rotatable bonds is 4. The summed E-state index contributed by atoms with van der Waals surface area (Å²) in [6, 6.07) is 0. The molecule has 0 aliphatic carbocycles. The minimum Gasteiger partial charge on any atom is -0.481 e. The van der Waals surface area contributed by atoms with Gasteiger partial charge < -0.3 is 9.84 Å². The van der Waals surface area contributed by atoms with E-state index in [1.807, 2.05) is 19.9 Å². The summed E-state index contributed by atoms with van der Waals surface area (Å²) < 4.78 is 4.76. The van der Waals surface area contributed by atoms with E-state index in [2.05, 4.69) is 0 Å². The average Bonchev–Trinajstić information content (AvgIpc) is 1.89. The van der Waals surface area contributed by atoms with Crippen molar-refractivity contribution in [3.63, 3.8) is 0 Å². The van der Waals surface area contributed by atoms with Crippen molar-refractivity contribution in [2.75, 3.05) is 0 Å². The second-order valence-electron chi connectivity index (χ2n) is 1.85. The second-order valence-corrected chi connectivity index (χ2v) is 1.85. The average molecular weight is 142 g/mol. The molecular formula is C8H14O2. The Balaban J connectivity index is 3.48. The van der Waals surface area contributed by atoms with E-state index in [0.717, 1.165) is 12.8 Å². The van der Waals surface area contributed by atoms with E-state index >= 15 is 0 Å². The highest BCUT2D eigenvalue weighted by Crippen LogP contribution is 1.94. The highest BCUT2D eigenvalue weighted by atomic mass is 16.6. The first-order valence-electron chi connectivity index (χ1n) is 3.52. The zero-order chi connectivity index (χ0) is 7.82. The van der Waals surface area contributed by atoms with E-state index < -0.39 is 0 Å². The maximum absolute atomic E-state index is 8.86. The van der Waals surface area contributed by atoms with Crippen molar-refractivity contribution in [2.45, 2.75) is 26.7 Å². The van der Waals surface area contributed by atoms with Gasteiger partial charge in [-0.1, -0.05) is 13.8 Å². The maximum atomic E-state index is 8.86. The number of hydrogen-bond acceptors (Lipinski definition) is 2. The van der Waals surface area contributed by atoms with Crippen LogP contribution in [0.3, 0.4) is 0 Å². The molecule has 0 heterocycles. The Kier molecular flexibility index (Phi) is 5.63. The van der Waals surface area contributed by atoms with Gasteiger partial charge in [0.1, 0.15) is 0 Å². The van der Waals surface area contributed by atoms with Crippen molar-refractivity contribution >= 4 is 0 Å². The Bertz CT molecular complexity index is 125. The van der Waals surface area contributed by atoms with Crippen molar-refractivity contribution in [2.24, 2.45) is 0 Å². The van der Waals surface area contributed by atoms with Crippen LogP contribution in [0.4, 0.5) is 0 Å². The number of ether oxygens (including phenoxy) is 1. The van der Waals surface area contributed by atoms with Crippen LogP contribution in [0.2, 0.25) is 0 Å². The third kappa shape index (κ3) is 5.22. The molecule has 0 aromatic rings. The van der Waals surface area contributed by atoms with Gasteiger partial charge in [0.05, 0.1) is 6.26 Å². The van der Waals surface area contributed by atoms with Gasteiger partial charge in [0.2, 0.25) is 0 Å². The molecule has 0 spiro atoms. The quantitative estimate of drug-likeness (QED) is 0.611. The molecule has 0 bridgehead atoms. The summed E-state index contributed by atoms with van der Waals surface area (Å²) in [5.74, 6) is -0.0211. The van der Waals surface area contributed by atoms with Gasteiger partial charge in [-0.05, 0) is 25.0 Å². The van der Waals surface area contributed by atoms with Crippen LogP contribution in [0, 0.1) is 0 Å². The number of aliphatic hydroxyl groups is 1. The van der Waals surface area contributed by atoms with Crippen LogP contribution in [-0.4, -0.2) is 5.11 Å². The molecule has 1 N–H and O–H groups in total. The van der Waals surface area contributed by atoms with Gasteiger partial charge in [-0.3, -0.25) is 0 Å². The number of allylic oxidation sites excluding steroid dienone is 2. The summed E-state index contributed by atoms with van der Waals surface area (Å²) in [5.41, 5.74) is 0. The number of hydrogen-bond donors (Lipinski definition) is 1. The van der Waals surface area contributed by atoms with Crippen molar-refractivity contribution in [3.05, 3.63) is 24.4 Å². The molecule has 0 saturated heterocycles. The molecule has 0 aromatic carbocycles. The molecule has 0 unspecified atom stereocenters. The Labute approximate surface area is 61.8 Å². The minimum absolute atomic E-state index is 0.0211. The third-order valence-electron chi connectivity index (χ3n) is 0.899. The fourth-order valence-corrected chi connectivity index (χ4v) is 0.437. The van der Waals surface area contributed by atoms with Crippen LogP contribution < -0.4 is 0 Å². The topological polar surface area (TPSA) is 29.5 Å². The molecule has 0 rings (SSSR count). The van der Waals surface area contributed by atoms with Crippen molar-refractivity contribution in [3.8, 4) is 0 Å². The Hall–Kier alpha value is -0.920. The molecule has 2 nitrogen and oxygen atoms in total. The molecule has 10 heavy (non-hydrogen) atoms. The minimum atomic E-state index is -0.0211. The first-order valence-corrected chi connectivity index (χ1v) is 3.52. The van der Waals surface area contributed by atoms with Gasteiger partial charge in [0.25, 0.3) is 5.95 Å². The molecule has 0 aromatic heterocycles. The summed E-state index contributed by atoms with van der Waals surface area (Å²) in [7, 11) is 0. The zero-order valence-electron chi connectivity index (χ0n) is 6.50. The van der Waals surface area contributed by atoms with Gasteiger partial charge >= 0.3 is 0 Å². The highest BCUT2D eigenvalue weighted by molar-refractivity contribution is 4.84. The van der Waals surface area contributed by atoms with Gasteiger partial charge in [0.15, 0.2) is 0 Å². The lowest BCUT2D eigenvalue weighted by Crippen LogP contribution is -1.81. The molecule has 0 aliphatic rings. The lowest BCUT2D eigenvalue weighted by Gasteiger charge is -1.94. The summed E-state index contributed by atoms with van der Waals surface area (Å²) >= 11 is 0. The molecule has 2 heteroatoms. The van der Waals surface area contributed by atoms with Crippen LogP contribution in [0.5, 0.6) is 0 Å². The maximum Gasteiger partial charge on any atom is 0.277 e. The standard InChI is InChI=1S/C8H14O2/c1-3-5-7-10-8(9)6-4-2/h5-7,9H,3-4H2,1-2H3. The summed E-state index contributed by atoms with van der Waals surface area (Å²) in [6.07, 6.45) is 6.63. The third-order valence-corrected chi connectivity index (χ3v) is 0.899. The van der Waals surface area contributed by atoms with E-state index in [9.17, 15) is 0 Å². The summed E-state index contributed by atoms with van der Waals surface area (Å²) in [5, 5.41) is 8.86. The number of aliphatic hydroxyl groups excluding tert-OH is 1. The molecular weight excluding hydrogens is 128 g/mol. The molecule has 0 saturated carbocycles. The van der Waals surface area contributed by atoms with Crippen molar-refractivity contribution in [1.29, 1.82) is 0 Å². The molecule has 0 radical (unpaired) electrons. The van der Waals surface area contributed by atoms with E-state index in [1.54, 1.807) is 6.08 Å². The first kappa shape index (κ1) is 9.08. The predicted octanol–water partition coefficient (Wildman–Crippen LogP) is 2.74. The van der Waals surface area contributed by atoms with Crippen molar-refractivity contribution in [1.82, 2.24) is 0 Å². The van der Waals surface area contributed by atoms with Gasteiger partial charge in [-0.2, -0.15) is 0 Å². The van der Waals surface area contributed by atoms with Gasteiger partial charge in [-0.15, -0.1) is 0 Å². The van der Waals surface area contributed by atoms with Gasteiger partial charge in [-0.25, -0.2) is 0 Å². The largest absolute Gasteiger partial charge is 0.481 e. The van der Waals surface area contributed by atoms with Crippen LogP contribution in [0.15, 0.2) is 24.4 Å². The lowest BCUT2D eigenvalue weighted by molar-refractivity contribution is 0.166. The Morgan fingerprint density at radius 1 is 1.40 bits per heavy atom. The monoisotopic (exact) mass is 142 g/mol. The normalized spacial score (nSPS) is 12.4. The fourth-order valence-electron chi connectivity index (χ4n) is 0.437. The van der Waals surface area contributed by atoms with Gasteiger partial charge in [0, 0.05) is 0 Å². The van der Waals surface area contributed by atoms with E-state index in [-0.39, 0.29) is 5.95 Å². The smallest absolute Gasteiger partial charge is 0.277 e. The van der Waals surface area contributed by atoms with Crippen LogP contribution in [0.1, 0.15) is 26.7 Å². The summed E-state index contributed by atoms with van der Waals surface area (Å²) in [6.45, 7) is 3.93. The molecule has 0 fully saturated rings. The Morgan fingerprint density at radius 2 is 2.10 bits per heavy atom. The molecule has 58 valence electrons. The van der Waals surface area contributed by atoms with Crippen LogP contribution in [0.25, 0.3) is 0 Å². The van der Waals surface area contributed by atoms with E-state index in [1.165, 1.54) is 6.26 Å². The molecule has 0 aliphatic heterocycles.